The number of esters is 1. The fourth-order valence-corrected chi connectivity index (χ4v) is 2.76. The first-order valence-corrected chi connectivity index (χ1v) is 7.16. The van der Waals surface area contributed by atoms with Gasteiger partial charge in [-0.15, -0.1) is 11.3 Å². The second kappa shape index (κ2) is 5.97. The van der Waals surface area contributed by atoms with Gasteiger partial charge in [0.2, 0.25) is 0 Å². The topological polar surface area (TPSA) is 39.2 Å². The number of thiazole rings is 1. The van der Waals surface area contributed by atoms with E-state index in [1.54, 1.807) is 18.3 Å². The van der Waals surface area contributed by atoms with E-state index >= 15 is 0 Å². The van der Waals surface area contributed by atoms with Crippen LogP contribution in [0.4, 0.5) is 0 Å². The molecule has 1 aromatic carbocycles. The van der Waals surface area contributed by atoms with E-state index in [0.29, 0.717) is 6.61 Å². The molecule has 19 heavy (non-hydrogen) atoms. The SMILES string of the molecule is CCOC(=O)Cc1csc(-c2cccc(C)c2C)n1. The third-order valence-electron chi connectivity index (χ3n) is 3.02. The lowest BCUT2D eigenvalue weighted by Gasteiger charge is -2.05. The van der Waals surface area contributed by atoms with Crippen LogP contribution in [0, 0.1) is 13.8 Å². The largest absolute Gasteiger partial charge is 0.466 e. The highest BCUT2D eigenvalue weighted by atomic mass is 32.1. The van der Waals surface area contributed by atoms with Gasteiger partial charge < -0.3 is 4.74 Å². The summed E-state index contributed by atoms with van der Waals surface area (Å²) in [6.07, 6.45) is 0.245. The first-order valence-electron chi connectivity index (χ1n) is 6.28. The first kappa shape index (κ1) is 13.7. The minimum atomic E-state index is -0.222. The molecule has 4 heteroatoms. The van der Waals surface area contributed by atoms with Crippen LogP contribution in [0.3, 0.4) is 0 Å². The summed E-state index contributed by atoms with van der Waals surface area (Å²) in [5, 5.41) is 2.88. The van der Waals surface area contributed by atoms with Crippen LogP contribution in [0.2, 0.25) is 0 Å². The minimum absolute atomic E-state index is 0.222. The molecule has 0 spiro atoms. The third kappa shape index (κ3) is 3.20. The number of carbonyl (C=O) groups excluding carboxylic acids is 1. The average Bonchev–Trinajstić information content (AvgIpc) is 2.81. The molecule has 0 saturated heterocycles. The van der Waals surface area contributed by atoms with Crippen molar-refractivity contribution in [2.75, 3.05) is 6.61 Å². The van der Waals surface area contributed by atoms with Crippen LogP contribution in [0.25, 0.3) is 10.6 Å². The van der Waals surface area contributed by atoms with Gasteiger partial charge in [-0.1, -0.05) is 18.2 Å². The van der Waals surface area contributed by atoms with Gasteiger partial charge in [0.1, 0.15) is 5.01 Å². The van der Waals surface area contributed by atoms with Crippen molar-refractivity contribution in [1.82, 2.24) is 4.98 Å². The van der Waals surface area contributed by atoms with Crippen molar-refractivity contribution in [2.24, 2.45) is 0 Å². The van der Waals surface area contributed by atoms with Gasteiger partial charge in [-0.2, -0.15) is 0 Å². The molecule has 1 aromatic heterocycles. The average molecular weight is 275 g/mol. The van der Waals surface area contributed by atoms with Crippen LogP contribution in [-0.4, -0.2) is 17.6 Å². The van der Waals surface area contributed by atoms with Gasteiger partial charge in [0, 0.05) is 10.9 Å². The lowest BCUT2D eigenvalue weighted by molar-refractivity contribution is -0.142. The van der Waals surface area contributed by atoms with Gasteiger partial charge in [0.05, 0.1) is 18.7 Å². The van der Waals surface area contributed by atoms with Crippen molar-refractivity contribution in [1.29, 1.82) is 0 Å². The molecule has 0 saturated carbocycles. The van der Waals surface area contributed by atoms with Crippen LogP contribution >= 0.6 is 11.3 Å². The zero-order valence-electron chi connectivity index (χ0n) is 11.4. The number of carbonyl (C=O) groups is 1. The molecule has 0 amide bonds. The Morgan fingerprint density at radius 3 is 2.89 bits per heavy atom. The van der Waals surface area contributed by atoms with Gasteiger partial charge in [0.15, 0.2) is 0 Å². The Bertz CT molecular complexity index is 590. The zero-order chi connectivity index (χ0) is 13.8. The smallest absolute Gasteiger partial charge is 0.311 e. The van der Waals surface area contributed by atoms with Crippen LogP contribution in [0.5, 0.6) is 0 Å². The van der Waals surface area contributed by atoms with Crippen molar-refractivity contribution < 1.29 is 9.53 Å². The molecule has 0 fully saturated rings. The summed E-state index contributed by atoms with van der Waals surface area (Å²) in [6, 6.07) is 6.19. The Kier molecular flexibility index (Phi) is 4.32. The molecule has 0 N–H and O–H groups in total. The van der Waals surface area contributed by atoms with E-state index in [1.165, 1.54) is 11.1 Å². The lowest BCUT2D eigenvalue weighted by Crippen LogP contribution is -2.07. The Labute approximate surface area is 117 Å². The number of hydrogen-bond acceptors (Lipinski definition) is 4. The van der Waals surface area contributed by atoms with Gasteiger partial charge in [-0.3, -0.25) is 4.79 Å². The highest BCUT2D eigenvalue weighted by Gasteiger charge is 2.11. The van der Waals surface area contributed by atoms with Gasteiger partial charge >= 0.3 is 5.97 Å². The predicted octanol–water partition coefficient (Wildman–Crippen LogP) is 3.53. The highest BCUT2D eigenvalue weighted by molar-refractivity contribution is 7.13. The van der Waals surface area contributed by atoms with E-state index < -0.39 is 0 Å². The summed E-state index contributed by atoms with van der Waals surface area (Å²) in [5.74, 6) is -0.222. The molecule has 3 nitrogen and oxygen atoms in total. The van der Waals surface area contributed by atoms with E-state index in [-0.39, 0.29) is 12.4 Å². The highest BCUT2D eigenvalue weighted by Crippen LogP contribution is 2.28. The fraction of sp³-hybridized carbons (Fsp3) is 0.333. The number of aryl methyl sites for hydroxylation is 1. The second-order valence-electron chi connectivity index (χ2n) is 4.37. The summed E-state index contributed by atoms with van der Waals surface area (Å²) >= 11 is 1.57. The summed E-state index contributed by atoms with van der Waals surface area (Å²) in [5.41, 5.74) is 4.40. The first-order chi connectivity index (χ1) is 9.11. The molecule has 0 atom stereocenters. The Balaban J connectivity index is 2.21. The standard InChI is InChI=1S/C15H17NO2S/c1-4-18-14(17)8-12-9-19-15(16-12)13-7-5-6-10(2)11(13)3/h5-7,9H,4,8H2,1-3H3. The summed E-state index contributed by atoms with van der Waals surface area (Å²) in [4.78, 5) is 15.9. The molecule has 2 aromatic rings. The van der Waals surface area contributed by atoms with Crippen LogP contribution in [-0.2, 0) is 16.0 Å². The predicted molar refractivity (Wildman–Crippen MR) is 77.4 cm³/mol. The Hall–Kier alpha value is -1.68. The number of nitrogens with zero attached hydrogens (tertiary/aromatic N) is 1. The minimum Gasteiger partial charge on any atom is -0.466 e. The maximum Gasteiger partial charge on any atom is 0.311 e. The number of ether oxygens (including phenoxy) is 1. The van der Waals surface area contributed by atoms with Gasteiger partial charge in [0.25, 0.3) is 0 Å². The quantitative estimate of drug-likeness (QED) is 0.801. The van der Waals surface area contributed by atoms with Gasteiger partial charge in [-0.25, -0.2) is 4.98 Å². The molecule has 0 aliphatic rings. The van der Waals surface area contributed by atoms with E-state index in [2.05, 4.69) is 31.0 Å². The third-order valence-corrected chi connectivity index (χ3v) is 3.94. The molecule has 0 unspecified atom stereocenters. The molecule has 0 bridgehead atoms. The summed E-state index contributed by atoms with van der Waals surface area (Å²) in [7, 11) is 0. The number of hydrogen-bond donors (Lipinski definition) is 0. The van der Waals surface area contributed by atoms with Crippen LogP contribution in [0.1, 0.15) is 23.7 Å². The molecule has 0 aliphatic carbocycles. The van der Waals surface area contributed by atoms with Gasteiger partial charge in [-0.05, 0) is 31.9 Å². The van der Waals surface area contributed by atoms with Crippen molar-refractivity contribution >= 4 is 17.3 Å². The zero-order valence-corrected chi connectivity index (χ0v) is 12.2. The number of benzene rings is 1. The van der Waals surface area contributed by atoms with E-state index in [4.69, 9.17) is 4.74 Å². The molecule has 0 radical (unpaired) electrons. The maximum atomic E-state index is 11.4. The van der Waals surface area contributed by atoms with E-state index in [0.717, 1.165) is 16.3 Å². The maximum absolute atomic E-state index is 11.4. The van der Waals surface area contributed by atoms with Crippen molar-refractivity contribution in [2.45, 2.75) is 27.2 Å². The molecular weight excluding hydrogens is 258 g/mol. The molecular formula is C15H17NO2S. The van der Waals surface area contributed by atoms with Crippen molar-refractivity contribution in [3.05, 3.63) is 40.4 Å². The lowest BCUT2D eigenvalue weighted by atomic mass is 10.0. The molecule has 100 valence electrons. The van der Waals surface area contributed by atoms with Crippen molar-refractivity contribution in [3.8, 4) is 10.6 Å². The molecule has 0 aliphatic heterocycles. The van der Waals surface area contributed by atoms with Crippen LogP contribution in [0.15, 0.2) is 23.6 Å². The van der Waals surface area contributed by atoms with E-state index in [1.807, 2.05) is 11.4 Å². The second-order valence-corrected chi connectivity index (χ2v) is 5.23. The Morgan fingerprint density at radius 1 is 1.37 bits per heavy atom. The summed E-state index contributed by atoms with van der Waals surface area (Å²) < 4.78 is 4.93. The van der Waals surface area contributed by atoms with Crippen molar-refractivity contribution in [3.63, 3.8) is 0 Å². The number of rotatable bonds is 4. The molecule has 2 rings (SSSR count). The summed E-state index contributed by atoms with van der Waals surface area (Å²) in [6.45, 7) is 6.40. The Morgan fingerprint density at radius 2 is 2.16 bits per heavy atom. The molecule has 1 heterocycles. The van der Waals surface area contributed by atoms with Crippen LogP contribution < -0.4 is 0 Å². The number of aromatic nitrogens is 1. The normalized spacial score (nSPS) is 10.5. The van der Waals surface area contributed by atoms with E-state index in [9.17, 15) is 4.79 Å². The fourth-order valence-electron chi connectivity index (χ4n) is 1.85. The monoisotopic (exact) mass is 275 g/mol.